The quantitative estimate of drug-likeness (QED) is 0.909. The molecule has 0 saturated carbocycles. The van der Waals surface area contributed by atoms with Crippen LogP contribution < -0.4 is 5.32 Å². The first-order chi connectivity index (χ1) is 11.2. The predicted octanol–water partition coefficient (Wildman–Crippen LogP) is 3.24. The van der Waals surface area contributed by atoms with Crippen LogP contribution in [-0.2, 0) is 27.1 Å². The second kappa shape index (κ2) is 5.84. The molecule has 1 atom stereocenters. The fourth-order valence-electron chi connectivity index (χ4n) is 2.77. The molecule has 2 aromatic rings. The molecule has 0 aliphatic carbocycles. The van der Waals surface area contributed by atoms with Crippen molar-refractivity contribution in [2.75, 3.05) is 5.32 Å². The third kappa shape index (κ3) is 3.02. The van der Waals surface area contributed by atoms with E-state index < -0.39 is 16.2 Å². The van der Waals surface area contributed by atoms with Gasteiger partial charge in [-0.3, -0.25) is 9.00 Å². The lowest BCUT2D eigenvalue weighted by Gasteiger charge is -2.19. The highest BCUT2D eigenvalue weighted by Gasteiger charge is 2.31. The zero-order chi connectivity index (χ0) is 17.6. The predicted molar refractivity (Wildman–Crippen MR) is 96.7 cm³/mol. The highest BCUT2D eigenvalue weighted by molar-refractivity contribution is 7.83. The summed E-state index contributed by atoms with van der Waals surface area (Å²) in [7, 11) is -0.935. The highest BCUT2D eigenvalue weighted by Crippen LogP contribution is 2.33. The summed E-state index contributed by atoms with van der Waals surface area (Å²) in [5.74, 6) is 1.47. The number of aromatic nitrogens is 2. The van der Waals surface area contributed by atoms with Gasteiger partial charge < -0.3 is 5.32 Å². The number of nitrogens with zero attached hydrogens (tertiary/aromatic N) is 2. The molecule has 1 aliphatic heterocycles. The number of hydrogen-bond donors (Lipinski definition) is 1. The number of anilines is 1. The van der Waals surface area contributed by atoms with Gasteiger partial charge in [0.05, 0.1) is 22.9 Å². The maximum atomic E-state index is 12.5. The van der Waals surface area contributed by atoms with E-state index in [0.29, 0.717) is 17.3 Å². The van der Waals surface area contributed by atoms with Crippen LogP contribution in [0, 0.1) is 19.3 Å². The molecule has 3 rings (SSSR count). The molecule has 24 heavy (non-hydrogen) atoms. The Bertz CT molecular complexity index is 847. The summed E-state index contributed by atoms with van der Waals surface area (Å²) in [6.07, 6.45) is 0. The zero-order valence-corrected chi connectivity index (χ0v) is 15.6. The summed E-state index contributed by atoms with van der Waals surface area (Å²) in [5.41, 5.74) is 4.40. The highest BCUT2D eigenvalue weighted by atomic mass is 32.2. The number of carbonyl (C=O) groups is 1. The van der Waals surface area contributed by atoms with Gasteiger partial charge >= 0.3 is 0 Å². The molecule has 0 radical (unpaired) electrons. The van der Waals surface area contributed by atoms with Gasteiger partial charge in [-0.1, -0.05) is 38.5 Å². The van der Waals surface area contributed by atoms with Crippen LogP contribution in [0.2, 0.25) is 0 Å². The Morgan fingerprint density at radius 1 is 1.25 bits per heavy atom. The van der Waals surface area contributed by atoms with E-state index in [1.165, 1.54) is 5.56 Å². The fraction of sp³-hybridized carbons (Fsp3) is 0.444. The summed E-state index contributed by atoms with van der Waals surface area (Å²) in [6, 6.07) is 6.13. The van der Waals surface area contributed by atoms with Crippen molar-refractivity contribution in [2.45, 2.75) is 46.1 Å². The minimum Gasteiger partial charge on any atom is -0.310 e. The standard InChI is InChI=1S/C18H23N3O2S/c1-11-6-7-15(12(2)8-11)21-16(19-17(22)18(3,4)5)13-9-24(23)10-14(13)20-21/h6-8H,9-10H2,1-5H3,(H,19,22). The average Bonchev–Trinajstić information content (AvgIpc) is 2.95. The van der Waals surface area contributed by atoms with E-state index >= 15 is 0 Å². The van der Waals surface area contributed by atoms with Crippen molar-refractivity contribution in [3.63, 3.8) is 0 Å². The lowest BCUT2D eigenvalue weighted by molar-refractivity contribution is -0.123. The summed E-state index contributed by atoms with van der Waals surface area (Å²) >= 11 is 0. The second-order valence-electron chi connectivity index (χ2n) is 7.41. The fourth-order valence-corrected chi connectivity index (χ4v) is 4.03. The van der Waals surface area contributed by atoms with Crippen LogP contribution >= 0.6 is 0 Å². The summed E-state index contributed by atoms with van der Waals surface area (Å²) < 4.78 is 13.7. The molecule has 5 nitrogen and oxygen atoms in total. The van der Waals surface area contributed by atoms with Crippen LogP contribution in [-0.4, -0.2) is 19.9 Å². The van der Waals surface area contributed by atoms with Crippen LogP contribution in [0.1, 0.15) is 43.2 Å². The van der Waals surface area contributed by atoms with Crippen LogP contribution in [0.25, 0.3) is 5.69 Å². The van der Waals surface area contributed by atoms with Crippen LogP contribution in [0.4, 0.5) is 5.82 Å². The zero-order valence-electron chi connectivity index (χ0n) is 14.8. The number of benzene rings is 1. The lowest BCUT2D eigenvalue weighted by atomic mass is 9.95. The van der Waals surface area contributed by atoms with Gasteiger partial charge in [0.1, 0.15) is 5.82 Å². The number of hydrogen-bond acceptors (Lipinski definition) is 3. The smallest absolute Gasteiger partial charge is 0.230 e. The van der Waals surface area contributed by atoms with Crippen molar-refractivity contribution in [3.05, 3.63) is 40.6 Å². The molecular weight excluding hydrogens is 322 g/mol. The number of carbonyl (C=O) groups excluding carboxylic acids is 1. The molecule has 1 aromatic carbocycles. The van der Waals surface area contributed by atoms with E-state index in [2.05, 4.69) is 16.5 Å². The molecular formula is C18H23N3O2S. The molecule has 0 spiro atoms. The Hall–Kier alpha value is -1.95. The van der Waals surface area contributed by atoms with E-state index in [9.17, 15) is 9.00 Å². The minimum atomic E-state index is -0.935. The molecule has 2 heterocycles. The minimum absolute atomic E-state index is 0.0751. The van der Waals surface area contributed by atoms with Gasteiger partial charge in [-0.2, -0.15) is 5.10 Å². The first-order valence-corrected chi connectivity index (χ1v) is 9.50. The normalized spacial score (nSPS) is 17.0. The van der Waals surface area contributed by atoms with Crippen LogP contribution in [0.5, 0.6) is 0 Å². The van der Waals surface area contributed by atoms with Gasteiger partial charge in [0.25, 0.3) is 0 Å². The van der Waals surface area contributed by atoms with E-state index in [1.54, 1.807) is 4.68 Å². The van der Waals surface area contributed by atoms with Crippen molar-refractivity contribution in [2.24, 2.45) is 5.41 Å². The first-order valence-electron chi connectivity index (χ1n) is 8.01. The van der Waals surface area contributed by atoms with Gasteiger partial charge in [0.2, 0.25) is 5.91 Å². The molecule has 1 unspecified atom stereocenters. The second-order valence-corrected chi connectivity index (χ2v) is 8.87. The molecule has 128 valence electrons. The first kappa shape index (κ1) is 16.9. The number of fused-ring (bicyclic) bond motifs is 1. The maximum Gasteiger partial charge on any atom is 0.230 e. The molecule has 1 amide bonds. The Morgan fingerprint density at radius 3 is 2.58 bits per heavy atom. The van der Waals surface area contributed by atoms with Crippen molar-refractivity contribution < 1.29 is 9.00 Å². The molecule has 0 saturated heterocycles. The monoisotopic (exact) mass is 345 g/mol. The largest absolute Gasteiger partial charge is 0.310 e. The van der Waals surface area contributed by atoms with Crippen LogP contribution in [0.15, 0.2) is 18.2 Å². The Morgan fingerprint density at radius 2 is 1.96 bits per heavy atom. The van der Waals surface area contributed by atoms with Crippen molar-refractivity contribution in [1.82, 2.24) is 9.78 Å². The number of nitrogens with one attached hydrogen (secondary N) is 1. The van der Waals surface area contributed by atoms with Crippen molar-refractivity contribution >= 4 is 22.5 Å². The molecule has 1 aromatic heterocycles. The van der Waals surface area contributed by atoms with Crippen LogP contribution in [0.3, 0.4) is 0 Å². The van der Waals surface area contributed by atoms with E-state index in [1.807, 2.05) is 46.8 Å². The third-order valence-corrected chi connectivity index (χ3v) is 5.37. The number of amides is 1. The van der Waals surface area contributed by atoms with Crippen molar-refractivity contribution in [1.29, 1.82) is 0 Å². The Labute approximate surface area is 144 Å². The number of aryl methyl sites for hydroxylation is 2. The van der Waals surface area contributed by atoms with Crippen molar-refractivity contribution in [3.8, 4) is 5.69 Å². The Kier molecular flexibility index (Phi) is 4.11. The average molecular weight is 345 g/mol. The van der Waals surface area contributed by atoms with E-state index in [-0.39, 0.29) is 5.91 Å². The summed E-state index contributed by atoms with van der Waals surface area (Å²) in [4.78, 5) is 12.5. The lowest BCUT2D eigenvalue weighted by Crippen LogP contribution is -2.29. The summed E-state index contributed by atoms with van der Waals surface area (Å²) in [6.45, 7) is 9.70. The maximum absolute atomic E-state index is 12.5. The van der Waals surface area contributed by atoms with Gasteiger partial charge in [0.15, 0.2) is 0 Å². The molecule has 1 aliphatic rings. The van der Waals surface area contributed by atoms with Gasteiger partial charge in [-0.25, -0.2) is 4.68 Å². The SMILES string of the molecule is Cc1ccc(-n2nc3c(c2NC(=O)C(C)(C)C)CS(=O)C3)c(C)c1. The Balaban J connectivity index is 2.12. The van der Waals surface area contributed by atoms with Gasteiger partial charge in [-0.05, 0) is 25.5 Å². The van der Waals surface area contributed by atoms with E-state index in [4.69, 9.17) is 0 Å². The summed E-state index contributed by atoms with van der Waals surface area (Å²) in [5, 5.41) is 7.66. The number of rotatable bonds is 2. The molecule has 1 N–H and O–H groups in total. The van der Waals surface area contributed by atoms with E-state index in [0.717, 1.165) is 22.5 Å². The third-order valence-electron chi connectivity index (χ3n) is 4.16. The topological polar surface area (TPSA) is 64.0 Å². The van der Waals surface area contributed by atoms with Gasteiger partial charge in [0, 0.05) is 21.8 Å². The van der Waals surface area contributed by atoms with Gasteiger partial charge in [-0.15, -0.1) is 0 Å². The molecule has 6 heteroatoms. The molecule has 0 fully saturated rings. The molecule has 0 bridgehead atoms.